The zero-order chi connectivity index (χ0) is 21.1. The van der Waals surface area contributed by atoms with Gasteiger partial charge in [0.05, 0.1) is 16.9 Å². The Bertz CT molecular complexity index is 942. The fraction of sp³-hybridized carbons (Fsp3) is 0.591. The lowest BCUT2D eigenvalue weighted by Crippen LogP contribution is -2.54. The second-order valence-corrected chi connectivity index (χ2v) is 8.50. The molecule has 0 spiro atoms. The van der Waals surface area contributed by atoms with Crippen LogP contribution in [0.4, 0.5) is 0 Å². The first-order valence-electron chi connectivity index (χ1n) is 10.5. The fourth-order valence-electron chi connectivity index (χ4n) is 4.18. The molecule has 0 N–H and O–H groups in total. The normalized spacial score (nSPS) is 18.9. The summed E-state index contributed by atoms with van der Waals surface area (Å²) in [6.45, 7) is 8.60. The minimum Gasteiger partial charge on any atom is -0.337 e. The predicted molar refractivity (Wildman–Crippen MR) is 117 cm³/mol. The minimum atomic E-state index is -0.0860. The number of piperazine rings is 1. The maximum absolute atomic E-state index is 12.8. The quantitative estimate of drug-likeness (QED) is 0.670. The van der Waals surface area contributed by atoms with Gasteiger partial charge in [0.25, 0.3) is 5.56 Å². The van der Waals surface area contributed by atoms with Gasteiger partial charge in [0.1, 0.15) is 5.82 Å². The predicted octanol–water partition coefficient (Wildman–Crippen LogP) is 3.76. The van der Waals surface area contributed by atoms with E-state index in [1.165, 1.54) is 0 Å². The van der Waals surface area contributed by atoms with Crippen LogP contribution in [0.3, 0.4) is 0 Å². The first kappa shape index (κ1) is 21.8. The molecule has 158 valence electrons. The van der Waals surface area contributed by atoms with Crippen molar-refractivity contribution < 1.29 is 4.79 Å². The van der Waals surface area contributed by atoms with E-state index in [9.17, 15) is 9.59 Å². The van der Waals surface area contributed by atoms with E-state index in [0.717, 1.165) is 38.2 Å². The van der Waals surface area contributed by atoms with Crippen molar-refractivity contribution in [1.29, 1.82) is 0 Å². The Balaban J connectivity index is 1.76. The zero-order valence-electron chi connectivity index (χ0n) is 17.8. The van der Waals surface area contributed by atoms with Crippen LogP contribution in [0.25, 0.3) is 10.9 Å². The van der Waals surface area contributed by atoms with Crippen molar-refractivity contribution in [3.8, 4) is 0 Å². The number of carbonyl (C=O) groups excluding carboxylic acids is 1. The summed E-state index contributed by atoms with van der Waals surface area (Å²) in [5.41, 5.74) is 0.578. The second-order valence-electron chi connectivity index (χ2n) is 8.06. The van der Waals surface area contributed by atoms with Crippen LogP contribution in [0.2, 0.25) is 5.02 Å². The van der Waals surface area contributed by atoms with Gasteiger partial charge in [-0.15, -0.1) is 0 Å². The molecular weight excluding hydrogens is 388 g/mol. The third-order valence-corrected chi connectivity index (χ3v) is 6.20. The van der Waals surface area contributed by atoms with Crippen molar-refractivity contribution >= 4 is 28.4 Å². The van der Waals surface area contributed by atoms with Gasteiger partial charge in [-0.05, 0) is 38.5 Å². The number of amides is 1. The average molecular weight is 419 g/mol. The molecule has 2 unspecified atom stereocenters. The van der Waals surface area contributed by atoms with E-state index < -0.39 is 0 Å². The van der Waals surface area contributed by atoms with Crippen LogP contribution in [0.15, 0.2) is 23.0 Å². The maximum Gasteiger partial charge on any atom is 0.261 e. The molecule has 1 fully saturated rings. The minimum absolute atomic E-state index is 0.0208. The van der Waals surface area contributed by atoms with Gasteiger partial charge in [0, 0.05) is 44.2 Å². The van der Waals surface area contributed by atoms with Crippen molar-refractivity contribution in [3.63, 3.8) is 0 Å². The summed E-state index contributed by atoms with van der Waals surface area (Å²) in [6.07, 6.45) is 3.82. The number of unbranched alkanes of at least 4 members (excludes halogenated alkanes) is 2. The first-order valence-corrected chi connectivity index (χ1v) is 10.9. The van der Waals surface area contributed by atoms with Gasteiger partial charge in [-0.2, -0.15) is 0 Å². The number of nitrogens with zero attached hydrogens (tertiary/aromatic N) is 4. The SMILES string of the molecule is CCCCCC(=O)N1CCN(C(C)c2nc3ccc(Cl)cc3c(=O)n2C)CC1C. The Morgan fingerprint density at radius 2 is 2.07 bits per heavy atom. The molecule has 2 atom stereocenters. The molecule has 2 heterocycles. The van der Waals surface area contributed by atoms with Crippen molar-refractivity contribution in [2.45, 2.75) is 58.5 Å². The van der Waals surface area contributed by atoms with Crippen LogP contribution in [0.1, 0.15) is 58.3 Å². The Labute approximate surface area is 177 Å². The Kier molecular flexibility index (Phi) is 6.96. The Morgan fingerprint density at radius 1 is 1.31 bits per heavy atom. The van der Waals surface area contributed by atoms with Gasteiger partial charge in [0.15, 0.2) is 0 Å². The summed E-state index contributed by atoms with van der Waals surface area (Å²) in [7, 11) is 1.76. The van der Waals surface area contributed by atoms with Crippen molar-refractivity contribution in [3.05, 3.63) is 39.4 Å². The lowest BCUT2D eigenvalue weighted by atomic mass is 10.1. The van der Waals surface area contributed by atoms with Crippen LogP contribution in [0, 0.1) is 0 Å². The van der Waals surface area contributed by atoms with Gasteiger partial charge in [-0.25, -0.2) is 4.98 Å². The molecule has 2 aromatic rings. The van der Waals surface area contributed by atoms with Gasteiger partial charge >= 0.3 is 0 Å². The highest BCUT2D eigenvalue weighted by atomic mass is 35.5. The molecule has 3 rings (SSSR count). The van der Waals surface area contributed by atoms with Gasteiger partial charge in [0.2, 0.25) is 5.91 Å². The van der Waals surface area contributed by atoms with E-state index >= 15 is 0 Å². The van der Waals surface area contributed by atoms with E-state index in [-0.39, 0.29) is 23.6 Å². The maximum atomic E-state index is 12.8. The zero-order valence-corrected chi connectivity index (χ0v) is 18.6. The summed E-state index contributed by atoms with van der Waals surface area (Å²) < 4.78 is 1.62. The smallest absolute Gasteiger partial charge is 0.261 e. The molecule has 0 aliphatic carbocycles. The van der Waals surface area contributed by atoms with Gasteiger partial charge < -0.3 is 4.90 Å². The van der Waals surface area contributed by atoms with Crippen LogP contribution >= 0.6 is 11.6 Å². The average Bonchev–Trinajstić information content (AvgIpc) is 2.70. The molecule has 7 heteroatoms. The number of benzene rings is 1. The fourth-order valence-corrected chi connectivity index (χ4v) is 4.35. The summed E-state index contributed by atoms with van der Waals surface area (Å²) in [4.78, 5) is 34.4. The summed E-state index contributed by atoms with van der Waals surface area (Å²) in [5.74, 6) is 0.992. The van der Waals surface area contributed by atoms with E-state index in [1.807, 2.05) is 4.90 Å². The molecule has 0 saturated carbocycles. The molecular formula is C22H31ClN4O2. The van der Waals surface area contributed by atoms with Crippen molar-refractivity contribution in [2.75, 3.05) is 19.6 Å². The van der Waals surface area contributed by atoms with E-state index in [2.05, 4.69) is 25.7 Å². The second kappa shape index (κ2) is 9.26. The molecule has 1 aromatic heterocycles. The first-order chi connectivity index (χ1) is 13.8. The highest BCUT2D eigenvalue weighted by molar-refractivity contribution is 6.31. The molecule has 6 nitrogen and oxygen atoms in total. The highest BCUT2D eigenvalue weighted by Crippen LogP contribution is 2.24. The Morgan fingerprint density at radius 3 is 2.76 bits per heavy atom. The lowest BCUT2D eigenvalue weighted by molar-refractivity contribution is -0.136. The number of rotatable bonds is 6. The molecule has 0 bridgehead atoms. The number of carbonyl (C=O) groups is 1. The monoisotopic (exact) mass is 418 g/mol. The number of fused-ring (bicyclic) bond motifs is 1. The van der Waals surface area contributed by atoms with Crippen LogP contribution in [-0.4, -0.2) is 50.9 Å². The molecule has 0 radical (unpaired) electrons. The topological polar surface area (TPSA) is 58.4 Å². The summed E-state index contributed by atoms with van der Waals surface area (Å²) in [5, 5.41) is 1.07. The molecule has 1 aliphatic rings. The number of hydrogen-bond acceptors (Lipinski definition) is 4. The van der Waals surface area contributed by atoms with E-state index in [4.69, 9.17) is 16.6 Å². The van der Waals surface area contributed by atoms with Crippen LogP contribution in [-0.2, 0) is 11.8 Å². The third-order valence-electron chi connectivity index (χ3n) is 5.97. The standard InChI is InChI=1S/C22H31ClN4O2/c1-5-6-7-8-20(28)27-12-11-26(14-15(27)2)16(3)21-24-19-10-9-17(23)13-18(19)22(29)25(21)4/h9-10,13,15-16H,5-8,11-12,14H2,1-4H3. The molecule has 29 heavy (non-hydrogen) atoms. The van der Waals surface area contributed by atoms with Gasteiger partial charge in [-0.1, -0.05) is 31.4 Å². The number of aromatic nitrogens is 2. The summed E-state index contributed by atoms with van der Waals surface area (Å²) in [6, 6.07) is 5.36. The molecule has 1 aromatic carbocycles. The molecule has 1 saturated heterocycles. The van der Waals surface area contributed by atoms with Crippen molar-refractivity contribution in [2.24, 2.45) is 7.05 Å². The van der Waals surface area contributed by atoms with Crippen LogP contribution in [0.5, 0.6) is 0 Å². The third kappa shape index (κ3) is 4.64. The van der Waals surface area contributed by atoms with E-state index in [1.54, 1.807) is 29.8 Å². The highest BCUT2D eigenvalue weighted by Gasteiger charge is 2.31. The molecule has 1 amide bonds. The number of halogens is 1. The van der Waals surface area contributed by atoms with Gasteiger partial charge in [-0.3, -0.25) is 19.1 Å². The Hall–Kier alpha value is -1.92. The summed E-state index contributed by atoms with van der Waals surface area (Å²) >= 11 is 6.05. The lowest BCUT2D eigenvalue weighted by Gasteiger charge is -2.42. The largest absolute Gasteiger partial charge is 0.337 e. The van der Waals surface area contributed by atoms with Crippen molar-refractivity contribution in [1.82, 2.24) is 19.4 Å². The number of hydrogen-bond donors (Lipinski definition) is 0. The van der Waals surface area contributed by atoms with Crippen LogP contribution < -0.4 is 5.56 Å². The van der Waals surface area contributed by atoms with E-state index in [0.29, 0.717) is 28.9 Å². The molecule has 1 aliphatic heterocycles.